The Morgan fingerprint density at radius 2 is 2.09 bits per heavy atom. The molecule has 0 aliphatic heterocycles. The monoisotopic (exact) mass is 301 g/mol. The van der Waals surface area contributed by atoms with Gasteiger partial charge in [-0.2, -0.15) is 5.10 Å². The van der Waals surface area contributed by atoms with Crippen LogP contribution in [0.3, 0.4) is 0 Å². The summed E-state index contributed by atoms with van der Waals surface area (Å²) in [6.45, 7) is 5.68. The van der Waals surface area contributed by atoms with Gasteiger partial charge in [0, 0.05) is 6.20 Å². The molecule has 0 bridgehead atoms. The number of aryl methyl sites for hydroxylation is 2. The number of aromatic nitrogens is 2. The van der Waals surface area contributed by atoms with E-state index in [0.717, 1.165) is 11.1 Å². The molecule has 1 unspecified atom stereocenters. The zero-order valence-corrected chi connectivity index (χ0v) is 12.8. The number of nitrogens with one attached hydrogen (secondary N) is 1. The molecule has 0 radical (unpaired) electrons. The van der Waals surface area contributed by atoms with E-state index in [4.69, 9.17) is 5.11 Å². The van der Waals surface area contributed by atoms with Crippen molar-refractivity contribution in [3.63, 3.8) is 0 Å². The predicted octanol–water partition coefficient (Wildman–Crippen LogP) is 2.08. The summed E-state index contributed by atoms with van der Waals surface area (Å²) in [5, 5.41) is 15.5. The van der Waals surface area contributed by atoms with Crippen molar-refractivity contribution in [3.05, 3.63) is 52.8 Å². The Kier molecular flexibility index (Phi) is 4.60. The van der Waals surface area contributed by atoms with Crippen LogP contribution in [0.5, 0.6) is 0 Å². The third-order valence-electron chi connectivity index (χ3n) is 3.43. The van der Waals surface area contributed by atoms with Crippen molar-refractivity contribution in [1.82, 2.24) is 15.1 Å². The van der Waals surface area contributed by atoms with Crippen LogP contribution in [-0.4, -0.2) is 26.8 Å². The number of aliphatic carboxylic acids is 1. The van der Waals surface area contributed by atoms with Crippen molar-refractivity contribution < 1.29 is 14.7 Å². The first-order valence-electron chi connectivity index (χ1n) is 6.99. The predicted molar refractivity (Wildman–Crippen MR) is 81.7 cm³/mol. The van der Waals surface area contributed by atoms with Crippen LogP contribution in [0.4, 0.5) is 0 Å². The second kappa shape index (κ2) is 6.43. The molecule has 0 aliphatic rings. The minimum Gasteiger partial charge on any atom is -0.480 e. The van der Waals surface area contributed by atoms with E-state index >= 15 is 0 Å². The van der Waals surface area contributed by atoms with E-state index < -0.39 is 5.97 Å². The van der Waals surface area contributed by atoms with E-state index in [0.29, 0.717) is 5.56 Å². The van der Waals surface area contributed by atoms with Gasteiger partial charge in [-0.3, -0.25) is 14.3 Å². The van der Waals surface area contributed by atoms with Crippen LogP contribution in [0.2, 0.25) is 0 Å². The first-order chi connectivity index (χ1) is 10.4. The number of hydrogen-bond acceptors (Lipinski definition) is 3. The maximum Gasteiger partial charge on any atom is 0.325 e. The maximum atomic E-state index is 12.2. The van der Waals surface area contributed by atoms with Crippen molar-refractivity contribution >= 4 is 11.9 Å². The van der Waals surface area contributed by atoms with E-state index in [9.17, 15) is 9.59 Å². The zero-order valence-electron chi connectivity index (χ0n) is 12.8. The Morgan fingerprint density at radius 1 is 1.36 bits per heavy atom. The van der Waals surface area contributed by atoms with E-state index in [2.05, 4.69) is 16.5 Å². The topological polar surface area (TPSA) is 84.2 Å². The summed E-state index contributed by atoms with van der Waals surface area (Å²) in [7, 11) is 0. The molecule has 1 aromatic carbocycles. The average molecular weight is 301 g/mol. The molecule has 2 N–H and O–H groups in total. The van der Waals surface area contributed by atoms with Crippen LogP contribution in [-0.2, 0) is 11.3 Å². The van der Waals surface area contributed by atoms with Gasteiger partial charge in [-0.15, -0.1) is 0 Å². The molecule has 1 amide bonds. The Hall–Kier alpha value is -2.63. The highest BCUT2D eigenvalue weighted by molar-refractivity contribution is 5.94. The van der Waals surface area contributed by atoms with Gasteiger partial charge < -0.3 is 10.4 Å². The highest BCUT2D eigenvalue weighted by atomic mass is 16.4. The number of nitrogens with zero attached hydrogens (tertiary/aromatic N) is 2. The van der Waals surface area contributed by atoms with Gasteiger partial charge in [0.1, 0.15) is 6.54 Å². The van der Waals surface area contributed by atoms with Gasteiger partial charge >= 0.3 is 5.97 Å². The fraction of sp³-hybridized carbons (Fsp3) is 0.312. The van der Waals surface area contributed by atoms with Crippen LogP contribution in [0.15, 0.2) is 30.6 Å². The summed E-state index contributed by atoms with van der Waals surface area (Å²) in [6, 6.07) is 5.94. The molecule has 1 aromatic heterocycles. The van der Waals surface area contributed by atoms with Crippen molar-refractivity contribution in [2.24, 2.45) is 0 Å². The standard InChI is InChI=1S/C16H19N3O3/c1-10-4-5-14(11(2)6-10)12(3)18-16(22)13-7-17-19(8-13)9-15(20)21/h4-8,12H,9H2,1-3H3,(H,18,22)(H,20,21). The first kappa shape index (κ1) is 15.8. The van der Waals surface area contributed by atoms with Crippen LogP contribution < -0.4 is 5.32 Å². The van der Waals surface area contributed by atoms with Crippen LogP contribution in [0.1, 0.15) is 40.0 Å². The Morgan fingerprint density at radius 3 is 2.73 bits per heavy atom. The van der Waals surface area contributed by atoms with Gasteiger partial charge in [0.25, 0.3) is 5.91 Å². The molecule has 0 saturated carbocycles. The number of benzene rings is 1. The summed E-state index contributed by atoms with van der Waals surface area (Å²) in [6.07, 6.45) is 2.80. The molecule has 1 heterocycles. The molecular formula is C16H19N3O3. The van der Waals surface area contributed by atoms with Crippen molar-refractivity contribution in [1.29, 1.82) is 0 Å². The third kappa shape index (κ3) is 3.72. The average Bonchev–Trinajstić information content (AvgIpc) is 2.86. The molecule has 0 fully saturated rings. The van der Waals surface area contributed by atoms with Gasteiger partial charge in [0.15, 0.2) is 0 Å². The van der Waals surface area contributed by atoms with Crippen molar-refractivity contribution in [3.8, 4) is 0 Å². The lowest BCUT2D eigenvalue weighted by molar-refractivity contribution is -0.137. The Balaban J connectivity index is 2.07. The largest absolute Gasteiger partial charge is 0.480 e. The highest BCUT2D eigenvalue weighted by Gasteiger charge is 2.15. The lowest BCUT2D eigenvalue weighted by atomic mass is 10.00. The van der Waals surface area contributed by atoms with E-state index in [1.165, 1.54) is 22.6 Å². The Labute approximate surface area is 128 Å². The molecule has 0 saturated heterocycles. The molecule has 1 atom stereocenters. The minimum atomic E-state index is -1.00. The smallest absolute Gasteiger partial charge is 0.325 e. The van der Waals surface area contributed by atoms with Gasteiger partial charge in [-0.25, -0.2) is 0 Å². The number of carbonyl (C=O) groups excluding carboxylic acids is 1. The SMILES string of the molecule is Cc1ccc(C(C)NC(=O)c2cnn(CC(=O)O)c2)c(C)c1. The normalized spacial score (nSPS) is 12.0. The van der Waals surface area contributed by atoms with E-state index in [1.807, 2.05) is 32.9 Å². The molecular weight excluding hydrogens is 282 g/mol. The molecule has 2 rings (SSSR count). The molecule has 0 spiro atoms. The molecule has 6 heteroatoms. The quantitative estimate of drug-likeness (QED) is 0.885. The number of hydrogen-bond donors (Lipinski definition) is 2. The fourth-order valence-electron chi connectivity index (χ4n) is 2.38. The summed E-state index contributed by atoms with van der Waals surface area (Å²) in [4.78, 5) is 22.8. The number of carbonyl (C=O) groups is 2. The molecule has 0 aliphatic carbocycles. The Bertz CT molecular complexity index is 706. The number of rotatable bonds is 5. The van der Waals surface area contributed by atoms with Crippen LogP contribution in [0, 0.1) is 13.8 Å². The minimum absolute atomic E-state index is 0.143. The van der Waals surface area contributed by atoms with Gasteiger partial charge in [0.05, 0.1) is 17.8 Å². The molecule has 6 nitrogen and oxygen atoms in total. The lowest BCUT2D eigenvalue weighted by Gasteiger charge is -2.16. The van der Waals surface area contributed by atoms with E-state index in [-0.39, 0.29) is 18.5 Å². The van der Waals surface area contributed by atoms with E-state index in [1.54, 1.807) is 0 Å². The second-order valence-electron chi connectivity index (χ2n) is 5.38. The molecule has 22 heavy (non-hydrogen) atoms. The van der Waals surface area contributed by atoms with Gasteiger partial charge in [-0.1, -0.05) is 23.8 Å². The number of amides is 1. The van der Waals surface area contributed by atoms with Gasteiger partial charge in [0.2, 0.25) is 0 Å². The van der Waals surface area contributed by atoms with Crippen LogP contribution >= 0.6 is 0 Å². The van der Waals surface area contributed by atoms with Gasteiger partial charge in [-0.05, 0) is 31.9 Å². The maximum absolute atomic E-state index is 12.2. The summed E-state index contributed by atoms with van der Waals surface area (Å²) >= 11 is 0. The zero-order chi connectivity index (χ0) is 16.3. The second-order valence-corrected chi connectivity index (χ2v) is 5.38. The number of carboxylic acid groups (broad SMARTS) is 1. The summed E-state index contributed by atoms with van der Waals surface area (Å²) in [5.74, 6) is -1.28. The van der Waals surface area contributed by atoms with Crippen molar-refractivity contribution in [2.45, 2.75) is 33.4 Å². The molecule has 2 aromatic rings. The van der Waals surface area contributed by atoms with Crippen molar-refractivity contribution in [2.75, 3.05) is 0 Å². The number of carboxylic acids is 1. The lowest BCUT2D eigenvalue weighted by Crippen LogP contribution is -2.26. The summed E-state index contributed by atoms with van der Waals surface area (Å²) in [5.41, 5.74) is 3.69. The molecule has 116 valence electrons. The first-order valence-corrected chi connectivity index (χ1v) is 6.99. The fourth-order valence-corrected chi connectivity index (χ4v) is 2.38. The third-order valence-corrected chi connectivity index (χ3v) is 3.43. The highest BCUT2D eigenvalue weighted by Crippen LogP contribution is 2.19. The summed E-state index contributed by atoms with van der Waals surface area (Å²) < 4.78 is 1.22. The van der Waals surface area contributed by atoms with Crippen LogP contribution in [0.25, 0.3) is 0 Å².